The van der Waals surface area contributed by atoms with E-state index in [9.17, 15) is 4.79 Å². The van der Waals surface area contributed by atoms with Crippen LogP contribution in [0.3, 0.4) is 0 Å². The van der Waals surface area contributed by atoms with Gasteiger partial charge < -0.3 is 14.2 Å². The smallest absolute Gasteiger partial charge is 0.161 e. The number of rotatable bonds is 8. The molecule has 0 amide bonds. The largest absolute Gasteiger partial charge is 0.490 e. The van der Waals surface area contributed by atoms with E-state index in [1.54, 1.807) is 6.92 Å². The highest BCUT2D eigenvalue weighted by atomic mass is 127. The number of nitrogens with zero attached hydrogens (tertiary/aromatic N) is 2. The summed E-state index contributed by atoms with van der Waals surface area (Å²) in [4.78, 5) is 14.6. The van der Waals surface area contributed by atoms with Crippen LogP contribution in [0.2, 0.25) is 0 Å². The van der Waals surface area contributed by atoms with Crippen molar-refractivity contribution in [3.63, 3.8) is 0 Å². The van der Waals surface area contributed by atoms with Gasteiger partial charge in [0.2, 0.25) is 0 Å². The molecule has 1 aliphatic heterocycles. The number of piperidine rings is 1. The Kier molecular flexibility index (Phi) is 7.54. The number of aromatic nitrogens is 1. The lowest BCUT2D eigenvalue weighted by molar-refractivity contribution is 0.0992. The number of fused-ring (bicyclic) bond motifs is 1. The quantitative estimate of drug-likeness (QED) is 0.159. The molecule has 2 aromatic carbocycles. The van der Waals surface area contributed by atoms with Gasteiger partial charge in [0.15, 0.2) is 5.78 Å². The second-order valence-corrected chi connectivity index (χ2v) is 9.19. The third-order valence-electron chi connectivity index (χ3n) is 6.20. The van der Waals surface area contributed by atoms with Gasteiger partial charge in [-0.2, -0.15) is 0 Å². The average Bonchev–Trinajstić information content (AvgIpc) is 3.19. The van der Waals surface area contributed by atoms with Crippen LogP contribution in [0.5, 0.6) is 5.75 Å². The van der Waals surface area contributed by atoms with Gasteiger partial charge in [0, 0.05) is 46.8 Å². The van der Waals surface area contributed by atoms with Crippen LogP contribution >= 0.6 is 22.6 Å². The van der Waals surface area contributed by atoms with Crippen LogP contribution in [0.15, 0.2) is 48.7 Å². The maximum Gasteiger partial charge on any atom is 0.161 e. The number of carbonyl (C=O) groups is 1. The minimum Gasteiger partial charge on any atom is -0.490 e. The van der Waals surface area contributed by atoms with E-state index < -0.39 is 0 Å². The van der Waals surface area contributed by atoms with Crippen molar-refractivity contribution in [2.24, 2.45) is 0 Å². The Labute approximate surface area is 204 Å². The predicted molar refractivity (Wildman–Crippen MR) is 139 cm³/mol. The van der Waals surface area contributed by atoms with Crippen molar-refractivity contribution in [2.75, 3.05) is 19.6 Å². The fraction of sp³-hybridized carbons (Fsp3) is 0.370. The first-order valence-corrected chi connectivity index (χ1v) is 12.7. The second kappa shape index (κ2) is 10.5. The number of ketones is 1. The zero-order valence-electron chi connectivity index (χ0n) is 18.5. The maximum atomic E-state index is 12.1. The lowest BCUT2D eigenvalue weighted by Gasteiger charge is -2.32. The van der Waals surface area contributed by atoms with E-state index in [2.05, 4.69) is 62.2 Å². The van der Waals surface area contributed by atoms with E-state index in [-0.39, 0.29) is 5.78 Å². The molecule has 0 atom stereocenters. The Morgan fingerprint density at radius 2 is 1.97 bits per heavy atom. The number of carbonyl (C=O) groups excluding carboxylic acids is 1. The van der Waals surface area contributed by atoms with E-state index in [1.807, 2.05) is 24.4 Å². The first-order valence-electron chi connectivity index (χ1n) is 11.2. The molecule has 0 radical (unpaired) electrons. The maximum absolute atomic E-state index is 12.1. The van der Waals surface area contributed by atoms with Crippen molar-refractivity contribution in [1.29, 1.82) is 0 Å². The molecule has 1 fully saturated rings. The molecule has 1 saturated heterocycles. The molecule has 1 aliphatic rings. The Morgan fingerprint density at radius 3 is 2.69 bits per heavy atom. The first-order chi connectivity index (χ1) is 15.6. The Bertz CT molecular complexity index is 1140. The number of terminal acetylenes is 1. The van der Waals surface area contributed by atoms with Crippen molar-refractivity contribution in [3.05, 3.63) is 65.4 Å². The van der Waals surface area contributed by atoms with E-state index >= 15 is 0 Å². The zero-order chi connectivity index (χ0) is 22.5. The van der Waals surface area contributed by atoms with E-state index in [4.69, 9.17) is 11.2 Å². The van der Waals surface area contributed by atoms with Crippen molar-refractivity contribution in [3.8, 4) is 18.1 Å². The minimum atomic E-state index is 0.0778. The number of hydrogen-bond acceptors (Lipinski definition) is 3. The number of likely N-dealkylation sites (tertiary alicyclic amines) is 1. The lowest BCUT2D eigenvalue weighted by atomic mass is 10.1. The topological polar surface area (TPSA) is 34.5 Å². The molecule has 0 unspecified atom stereocenters. The number of benzene rings is 2. The molecule has 0 N–H and O–H groups in total. The molecule has 0 aliphatic carbocycles. The van der Waals surface area contributed by atoms with Crippen LogP contribution in [0, 0.1) is 12.3 Å². The van der Waals surface area contributed by atoms with Gasteiger partial charge in [-0.25, -0.2) is 0 Å². The molecule has 0 saturated carbocycles. The Morgan fingerprint density at radius 1 is 1.19 bits per heavy atom. The summed E-state index contributed by atoms with van der Waals surface area (Å²) >= 11 is 2.38. The van der Waals surface area contributed by atoms with Gasteiger partial charge in [0.05, 0.1) is 5.52 Å². The lowest BCUT2D eigenvalue weighted by Crippen LogP contribution is -2.38. The molecular weight excluding hydrogens is 511 g/mol. The summed E-state index contributed by atoms with van der Waals surface area (Å²) in [6, 6.07) is 14.3. The van der Waals surface area contributed by atoms with E-state index in [1.165, 1.54) is 5.56 Å². The van der Waals surface area contributed by atoms with Crippen molar-refractivity contribution in [1.82, 2.24) is 9.47 Å². The number of alkyl halides is 1. The summed E-state index contributed by atoms with van der Waals surface area (Å²) in [5.74, 6) is 3.84. The summed E-state index contributed by atoms with van der Waals surface area (Å²) in [5.41, 5.74) is 3.90. The Balaban J connectivity index is 1.32. The average molecular weight is 540 g/mol. The van der Waals surface area contributed by atoms with Crippen LogP contribution in [0.4, 0.5) is 0 Å². The highest BCUT2D eigenvalue weighted by Gasteiger charge is 2.21. The van der Waals surface area contributed by atoms with Crippen LogP contribution in [0.25, 0.3) is 10.9 Å². The first kappa shape index (κ1) is 22.9. The predicted octanol–water partition coefficient (Wildman–Crippen LogP) is 5.69. The van der Waals surface area contributed by atoms with Gasteiger partial charge in [-0.3, -0.25) is 4.79 Å². The van der Waals surface area contributed by atoms with E-state index in [0.29, 0.717) is 6.10 Å². The number of ether oxygens (including phenoxy) is 1. The summed E-state index contributed by atoms with van der Waals surface area (Å²) < 4.78 is 9.40. The van der Waals surface area contributed by atoms with Crippen LogP contribution in [-0.2, 0) is 11.0 Å². The van der Waals surface area contributed by atoms with Crippen LogP contribution in [0.1, 0.15) is 47.7 Å². The standard InChI is InChI=1S/C27H29IN2O2/c1-3-22-8-5-10-25-26(20(2)31)19-30(27(22)25)14-6-13-29-15-11-23(12-16-29)32-24-9-4-7-21(17-24)18-28/h1,4-5,7-10,17,19,23H,6,11-16,18H2,2H3. The van der Waals surface area contributed by atoms with Crippen molar-refractivity contribution >= 4 is 39.3 Å². The van der Waals surface area contributed by atoms with Crippen molar-refractivity contribution in [2.45, 2.75) is 43.3 Å². The van der Waals surface area contributed by atoms with Gasteiger partial charge in [-0.15, -0.1) is 6.42 Å². The summed E-state index contributed by atoms with van der Waals surface area (Å²) in [6.07, 6.45) is 11.1. The second-order valence-electron chi connectivity index (χ2n) is 8.43. The molecule has 4 rings (SSSR count). The molecule has 32 heavy (non-hydrogen) atoms. The molecule has 2 heterocycles. The molecular formula is C27H29IN2O2. The monoisotopic (exact) mass is 540 g/mol. The van der Waals surface area contributed by atoms with Gasteiger partial charge in [0.1, 0.15) is 11.9 Å². The molecule has 0 bridgehead atoms. The van der Waals surface area contributed by atoms with Gasteiger partial charge >= 0.3 is 0 Å². The van der Waals surface area contributed by atoms with Crippen LogP contribution in [-0.4, -0.2) is 41.0 Å². The number of para-hydroxylation sites is 1. The normalized spacial score (nSPS) is 15.0. The molecule has 1 aromatic heterocycles. The number of Topliss-reactive ketones (excluding diaryl/α,β-unsaturated/α-hetero) is 1. The SMILES string of the molecule is C#Cc1cccc2c(C(C)=O)cn(CCCN3CCC(Oc4cccc(CI)c4)CC3)c12. The Hall–Kier alpha value is -2.30. The molecule has 3 aromatic rings. The highest BCUT2D eigenvalue weighted by molar-refractivity contribution is 14.1. The van der Waals surface area contributed by atoms with Gasteiger partial charge in [-0.05, 0) is 56.5 Å². The molecule has 166 valence electrons. The molecule has 0 spiro atoms. The van der Waals surface area contributed by atoms with E-state index in [0.717, 1.165) is 77.6 Å². The molecule has 4 nitrogen and oxygen atoms in total. The zero-order valence-corrected chi connectivity index (χ0v) is 20.7. The number of hydrogen-bond donors (Lipinski definition) is 0. The van der Waals surface area contributed by atoms with Gasteiger partial charge in [0.25, 0.3) is 0 Å². The van der Waals surface area contributed by atoms with Crippen molar-refractivity contribution < 1.29 is 9.53 Å². The highest BCUT2D eigenvalue weighted by Crippen LogP contribution is 2.26. The third-order valence-corrected chi connectivity index (χ3v) is 7.08. The van der Waals surface area contributed by atoms with Crippen LogP contribution < -0.4 is 4.74 Å². The minimum absolute atomic E-state index is 0.0778. The fourth-order valence-corrected chi connectivity index (χ4v) is 5.02. The third kappa shape index (κ3) is 5.19. The van der Waals surface area contributed by atoms with Gasteiger partial charge in [-0.1, -0.05) is 52.8 Å². The summed E-state index contributed by atoms with van der Waals surface area (Å²) in [5, 5.41) is 0.956. The number of halogens is 1. The summed E-state index contributed by atoms with van der Waals surface area (Å²) in [7, 11) is 0. The summed E-state index contributed by atoms with van der Waals surface area (Å²) in [6.45, 7) is 5.60. The number of aryl methyl sites for hydroxylation is 1. The fourth-order valence-electron chi connectivity index (χ4n) is 4.54. The molecule has 5 heteroatoms.